The molecule has 3 aromatic rings. The first-order chi connectivity index (χ1) is 17.4. The van der Waals surface area contributed by atoms with E-state index in [0.717, 1.165) is 19.3 Å². The van der Waals surface area contributed by atoms with Gasteiger partial charge in [0.2, 0.25) is 0 Å². The van der Waals surface area contributed by atoms with Crippen molar-refractivity contribution in [1.29, 1.82) is 5.26 Å². The van der Waals surface area contributed by atoms with Gasteiger partial charge in [0, 0.05) is 43.8 Å². The number of nitriles is 1. The highest BCUT2D eigenvalue weighted by atomic mass is 19.1. The molecule has 1 aliphatic carbocycles. The van der Waals surface area contributed by atoms with Gasteiger partial charge in [0.15, 0.2) is 11.5 Å². The summed E-state index contributed by atoms with van der Waals surface area (Å²) >= 11 is 0. The average Bonchev–Trinajstić information content (AvgIpc) is 2.87. The van der Waals surface area contributed by atoms with Gasteiger partial charge in [-0.1, -0.05) is 6.07 Å². The number of piperazine rings is 1. The predicted octanol–water partition coefficient (Wildman–Crippen LogP) is 2.80. The smallest absolute Gasteiger partial charge is 0.270 e. The fraction of sp³-hybridized carbons (Fsp3) is 0.423. The van der Waals surface area contributed by atoms with Crippen molar-refractivity contribution in [3.63, 3.8) is 0 Å². The molecule has 2 aromatic heterocycles. The van der Waals surface area contributed by atoms with Crippen molar-refractivity contribution in [2.75, 3.05) is 31.1 Å². The molecule has 3 heterocycles. The van der Waals surface area contributed by atoms with E-state index in [1.165, 1.54) is 0 Å². The zero-order valence-electron chi connectivity index (χ0n) is 20.3. The van der Waals surface area contributed by atoms with Crippen LogP contribution in [0, 0.1) is 24.1 Å². The van der Waals surface area contributed by atoms with Crippen LogP contribution >= 0.6 is 0 Å². The summed E-state index contributed by atoms with van der Waals surface area (Å²) in [4.78, 5) is 39.8. The molecular formula is C26H28FN7O2. The molecule has 1 saturated carbocycles. The quantitative estimate of drug-likeness (QED) is 0.566. The van der Waals surface area contributed by atoms with E-state index in [0.29, 0.717) is 48.6 Å². The fourth-order valence-electron chi connectivity index (χ4n) is 4.83. The summed E-state index contributed by atoms with van der Waals surface area (Å²) in [6.07, 6.45) is 3.08. The number of hydrogen-bond acceptors (Lipinski definition) is 7. The third-order valence-electron chi connectivity index (χ3n) is 7.31. The van der Waals surface area contributed by atoms with Crippen LogP contribution in [0.15, 0.2) is 29.1 Å². The van der Waals surface area contributed by atoms with E-state index >= 15 is 4.39 Å². The number of hydrogen-bond donors (Lipinski definition) is 2. The topological polar surface area (TPSA) is 118 Å². The van der Waals surface area contributed by atoms with E-state index in [4.69, 9.17) is 0 Å². The van der Waals surface area contributed by atoms with Crippen LogP contribution in [-0.4, -0.2) is 58.0 Å². The van der Waals surface area contributed by atoms with E-state index in [1.807, 2.05) is 6.92 Å². The number of nitrogens with one attached hydrogen (secondary N) is 2. The number of pyridine rings is 1. The molecule has 1 unspecified atom stereocenters. The van der Waals surface area contributed by atoms with Gasteiger partial charge < -0.3 is 15.2 Å². The lowest BCUT2D eigenvalue weighted by Crippen LogP contribution is -2.47. The molecule has 2 fully saturated rings. The summed E-state index contributed by atoms with van der Waals surface area (Å²) in [6, 6.07) is 9.03. The number of fused-ring (bicyclic) bond motifs is 1. The molecule has 0 spiro atoms. The number of benzene rings is 1. The maximum absolute atomic E-state index is 15.3. The van der Waals surface area contributed by atoms with Crippen molar-refractivity contribution >= 4 is 22.6 Å². The molecule has 2 aliphatic rings. The number of anilines is 1. The van der Waals surface area contributed by atoms with Crippen LogP contribution < -0.4 is 15.8 Å². The Labute approximate surface area is 208 Å². The second-order valence-corrected chi connectivity index (χ2v) is 9.49. The highest BCUT2D eigenvalue weighted by molar-refractivity contribution is 5.93. The van der Waals surface area contributed by atoms with Gasteiger partial charge in [0.05, 0.1) is 11.2 Å². The molecule has 1 aliphatic heterocycles. The van der Waals surface area contributed by atoms with E-state index in [1.54, 1.807) is 31.2 Å². The third-order valence-corrected chi connectivity index (χ3v) is 7.31. The summed E-state index contributed by atoms with van der Waals surface area (Å²) in [7, 11) is 0. The maximum atomic E-state index is 15.3. The van der Waals surface area contributed by atoms with Crippen LogP contribution in [0.3, 0.4) is 0 Å². The Morgan fingerprint density at radius 3 is 2.61 bits per heavy atom. The van der Waals surface area contributed by atoms with Crippen molar-refractivity contribution in [1.82, 2.24) is 25.2 Å². The van der Waals surface area contributed by atoms with Gasteiger partial charge in [0.1, 0.15) is 23.0 Å². The Balaban J connectivity index is 1.29. The van der Waals surface area contributed by atoms with E-state index < -0.39 is 11.4 Å². The number of amides is 1. The van der Waals surface area contributed by atoms with Crippen LogP contribution in [0.2, 0.25) is 0 Å². The van der Waals surface area contributed by atoms with E-state index in [2.05, 4.69) is 36.1 Å². The van der Waals surface area contributed by atoms with Crippen LogP contribution in [0.1, 0.15) is 59.7 Å². The molecule has 36 heavy (non-hydrogen) atoms. The molecule has 0 radical (unpaired) electrons. The number of aromatic nitrogens is 3. The Hall–Kier alpha value is -3.84. The largest absolute Gasteiger partial charge is 0.367 e. The van der Waals surface area contributed by atoms with Crippen molar-refractivity contribution in [3.05, 3.63) is 63.1 Å². The number of nitrogens with zero attached hydrogens (tertiary/aromatic N) is 5. The van der Waals surface area contributed by atoms with Gasteiger partial charge in [-0.2, -0.15) is 5.26 Å². The molecule has 2 N–H and O–H groups in total. The molecule has 1 aromatic carbocycles. The van der Waals surface area contributed by atoms with Crippen molar-refractivity contribution < 1.29 is 9.18 Å². The van der Waals surface area contributed by atoms with Crippen molar-refractivity contribution in [3.8, 4) is 6.07 Å². The van der Waals surface area contributed by atoms with Crippen molar-refractivity contribution in [2.45, 2.75) is 45.2 Å². The number of aromatic amines is 1. The molecule has 0 bridgehead atoms. The molecule has 1 saturated heterocycles. The number of carbonyl (C=O) groups is 1. The zero-order valence-corrected chi connectivity index (χ0v) is 20.3. The molecule has 9 nitrogen and oxygen atoms in total. The van der Waals surface area contributed by atoms with Crippen LogP contribution in [0.25, 0.3) is 11.0 Å². The number of carbonyl (C=O) groups excluding carboxylic acids is 1. The van der Waals surface area contributed by atoms with Crippen LogP contribution in [-0.2, 0) is 0 Å². The Bertz CT molecular complexity index is 1420. The summed E-state index contributed by atoms with van der Waals surface area (Å²) < 4.78 is 15.3. The minimum atomic E-state index is -0.459. The minimum Gasteiger partial charge on any atom is -0.367 e. The molecule has 10 heteroatoms. The summed E-state index contributed by atoms with van der Waals surface area (Å²) in [5.74, 6) is -0.704. The molecule has 5 rings (SSSR count). The van der Waals surface area contributed by atoms with E-state index in [9.17, 15) is 14.9 Å². The maximum Gasteiger partial charge on any atom is 0.270 e. The Morgan fingerprint density at radius 1 is 1.19 bits per heavy atom. The first-order valence-electron chi connectivity index (χ1n) is 12.3. The molecular weight excluding hydrogens is 461 g/mol. The number of H-pyrrole nitrogens is 1. The second-order valence-electron chi connectivity index (χ2n) is 9.49. The summed E-state index contributed by atoms with van der Waals surface area (Å²) in [5.41, 5.74) is 2.13. The molecule has 186 valence electrons. The van der Waals surface area contributed by atoms with Gasteiger partial charge >= 0.3 is 0 Å². The first-order valence-corrected chi connectivity index (χ1v) is 12.3. The number of halogens is 1. The highest BCUT2D eigenvalue weighted by Crippen LogP contribution is 2.29. The Kier molecular flexibility index (Phi) is 6.41. The lowest BCUT2D eigenvalue weighted by molar-refractivity contribution is 0.0912. The molecule has 1 amide bonds. The van der Waals surface area contributed by atoms with Gasteiger partial charge in [-0.05, 0) is 51.3 Å². The highest BCUT2D eigenvalue weighted by Gasteiger charge is 2.27. The zero-order chi connectivity index (χ0) is 25.4. The predicted molar refractivity (Wildman–Crippen MR) is 133 cm³/mol. The monoisotopic (exact) mass is 489 g/mol. The average molecular weight is 490 g/mol. The van der Waals surface area contributed by atoms with Gasteiger partial charge in [0.25, 0.3) is 11.5 Å². The lowest BCUT2D eigenvalue weighted by atomic mass is 9.93. The van der Waals surface area contributed by atoms with Crippen LogP contribution in [0.4, 0.5) is 10.1 Å². The van der Waals surface area contributed by atoms with Crippen LogP contribution in [0.5, 0.6) is 0 Å². The second kappa shape index (κ2) is 9.66. The normalized spacial score (nSPS) is 17.4. The molecule has 1 atom stereocenters. The van der Waals surface area contributed by atoms with Gasteiger partial charge in [-0.25, -0.2) is 14.4 Å². The lowest BCUT2D eigenvalue weighted by Gasteiger charge is -2.39. The Morgan fingerprint density at radius 2 is 1.94 bits per heavy atom. The van der Waals surface area contributed by atoms with Gasteiger partial charge in [-0.15, -0.1) is 0 Å². The fourth-order valence-corrected chi connectivity index (χ4v) is 4.83. The third kappa shape index (κ3) is 4.42. The summed E-state index contributed by atoms with van der Waals surface area (Å²) in [6.45, 7) is 6.09. The number of aryl methyl sites for hydroxylation is 1. The SMILES string of the molecule is Cc1nc2ccc(C(C)N3CCN(c4ccc(C(=O)NC5CCC5)nc4C#N)CC3)c(F)c2[nH]c1=O. The summed E-state index contributed by atoms with van der Waals surface area (Å²) in [5, 5.41) is 12.6. The minimum absolute atomic E-state index is 0.125. The standard InChI is InChI=1S/C26H28FN7O2/c1-15-25(35)32-24-19(29-15)7-6-18(23(24)27)16(2)33-10-12-34(13-11-33)22-9-8-20(31-21(22)14-28)26(36)30-17-4-3-5-17/h6-9,16-17H,3-5,10-13H2,1-2H3,(H,30,36)(H,32,35). The van der Waals surface area contributed by atoms with E-state index in [-0.39, 0.29) is 34.9 Å². The first kappa shape index (κ1) is 23.9. The van der Waals surface area contributed by atoms with Gasteiger partial charge in [-0.3, -0.25) is 14.5 Å². The number of rotatable bonds is 5. The van der Waals surface area contributed by atoms with Crippen molar-refractivity contribution in [2.24, 2.45) is 0 Å².